The van der Waals surface area contributed by atoms with Crippen LogP contribution in [0.4, 0.5) is 5.69 Å². The number of nitriles is 1. The van der Waals surface area contributed by atoms with Crippen LogP contribution in [-0.4, -0.2) is 23.9 Å². The van der Waals surface area contributed by atoms with E-state index in [4.69, 9.17) is 9.68 Å². The predicted octanol–water partition coefficient (Wildman–Crippen LogP) is 1.05. The molecule has 0 amide bonds. The zero-order valence-electron chi connectivity index (χ0n) is 10.7. The molecule has 98 valence electrons. The lowest BCUT2D eigenvalue weighted by atomic mass is 10.2. The van der Waals surface area contributed by atoms with Crippen molar-refractivity contribution in [3.63, 3.8) is 0 Å². The van der Waals surface area contributed by atoms with Gasteiger partial charge in [0.2, 0.25) is 0 Å². The highest BCUT2D eigenvalue weighted by Crippen LogP contribution is 2.20. The molecule has 1 heterocycles. The van der Waals surface area contributed by atoms with Crippen LogP contribution in [0, 0.1) is 11.3 Å². The molecule has 0 unspecified atom stereocenters. The maximum absolute atomic E-state index is 11.4. The first-order chi connectivity index (χ1) is 9.02. The lowest BCUT2D eigenvalue weighted by Gasteiger charge is -2.17. The van der Waals surface area contributed by atoms with E-state index in [-0.39, 0.29) is 18.7 Å². The summed E-state index contributed by atoms with van der Waals surface area (Å²) in [5.41, 5.74) is 1.93. The van der Waals surface area contributed by atoms with Gasteiger partial charge in [0.15, 0.2) is 11.4 Å². The van der Waals surface area contributed by atoms with E-state index in [1.54, 1.807) is 37.2 Å². The Morgan fingerprint density at radius 1 is 1.53 bits per heavy atom. The van der Waals surface area contributed by atoms with Crippen LogP contribution in [0.2, 0.25) is 0 Å². The Morgan fingerprint density at radius 3 is 2.95 bits per heavy atom. The molecular formula is C13H13N3O3. The van der Waals surface area contributed by atoms with Gasteiger partial charge in [-0.2, -0.15) is 5.26 Å². The first-order valence-corrected chi connectivity index (χ1v) is 5.72. The standard InChI is InChI=1S/C13H13N3O3/c1-15(8-10(17)5-6-14)9-3-4-11-12(7-9)19-13(18)16(11)2/h3-4,7H,5,8H2,1-2H3. The number of oxazole rings is 1. The monoisotopic (exact) mass is 259 g/mol. The summed E-state index contributed by atoms with van der Waals surface area (Å²) in [4.78, 5) is 24.5. The van der Waals surface area contributed by atoms with Crippen LogP contribution < -0.4 is 10.7 Å². The summed E-state index contributed by atoms with van der Waals surface area (Å²) in [6, 6.07) is 7.10. The number of carbonyl (C=O) groups excluding carboxylic acids is 1. The molecule has 0 atom stereocenters. The van der Waals surface area contributed by atoms with Crippen molar-refractivity contribution in [3.05, 3.63) is 28.7 Å². The smallest absolute Gasteiger partial charge is 0.408 e. The molecule has 0 saturated heterocycles. The van der Waals surface area contributed by atoms with E-state index in [1.165, 1.54) is 4.57 Å². The van der Waals surface area contributed by atoms with Crippen LogP contribution in [0.3, 0.4) is 0 Å². The molecule has 2 rings (SSSR count). The first kappa shape index (κ1) is 12.9. The minimum Gasteiger partial charge on any atom is -0.408 e. The average Bonchev–Trinajstić information content (AvgIpc) is 2.65. The number of rotatable bonds is 4. The molecule has 1 aromatic carbocycles. The molecule has 6 nitrogen and oxygen atoms in total. The minimum atomic E-state index is -0.421. The van der Waals surface area contributed by atoms with Gasteiger partial charge in [0, 0.05) is 25.8 Å². The van der Waals surface area contributed by atoms with Crippen molar-refractivity contribution in [2.45, 2.75) is 6.42 Å². The predicted molar refractivity (Wildman–Crippen MR) is 70.0 cm³/mol. The van der Waals surface area contributed by atoms with Gasteiger partial charge in [0.25, 0.3) is 0 Å². The number of carbonyl (C=O) groups is 1. The van der Waals surface area contributed by atoms with Gasteiger partial charge in [-0.3, -0.25) is 9.36 Å². The number of aryl methyl sites for hydroxylation is 1. The summed E-state index contributed by atoms with van der Waals surface area (Å²) in [5.74, 6) is -0.574. The van der Waals surface area contributed by atoms with Gasteiger partial charge in [-0.05, 0) is 12.1 Å². The second-order valence-corrected chi connectivity index (χ2v) is 4.31. The summed E-state index contributed by atoms with van der Waals surface area (Å²) < 4.78 is 6.50. The summed E-state index contributed by atoms with van der Waals surface area (Å²) in [6.45, 7) is 0.149. The molecule has 0 fully saturated rings. The molecule has 0 aliphatic rings. The normalized spacial score (nSPS) is 10.4. The van der Waals surface area contributed by atoms with E-state index in [0.717, 1.165) is 5.69 Å². The second-order valence-electron chi connectivity index (χ2n) is 4.31. The van der Waals surface area contributed by atoms with Gasteiger partial charge in [-0.15, -0.1) is 0 Å². The highest BCUT2D eigenvalue weighted by Gasteiger charge is 2.11. The number of likely N-dealkylation sites (N-methyl/N-ethyl adjacent to an activating group) is 1. The van der Waals surface area contributed by atoms with Crippen molar-refractivity contribution in [1.82, 2.24) is 4.57 Å². The van der Waals surface area contributed by atoms with Gasteiger partial charge < -0.3 is 9.32 Å². The molecule has 0 bridgehead atoms. The summed E-state index contributed by atoms with van der Waals surface area (Å²) >= 11 is 0. The SMILES string of the molecule is CN(CC(=O)CC#N)c1ccc2c(c1)oc(=O)n2C. The molecule has 0 spiro atoms. The Hall–Kier alpha value is -2.55. The molecule has 19 heavy (non-hydrogen) atoms. The number of hydrogen-bond acceptors (Lipinski definition) is 5. The number of ketones is 1. The molecule has 0 aliphatic carbocycles. The van der Waals surface area contributed by atoms with Crippen LogP contribution in [0.15, 0.2) is 27.4 Å². The zero-order chi connectivity index (χ0) is 14.0. The quantitative estimate of drug-likeness (QED) is 0.820. The average molecular weight is 259 g/mol. The highest BCUT2D eigenvalue weighted by atomic mass is 16.4. The van der Waals surface area contributed by atoms with Crippen molar-refractivity contribution >= 4 is 22.6 Å². The largest absolute Gasteiger partial charge is 0.419 e. The van der Waals surface area contributed by atoms with E-state index >= 15 is 0 Å². The molecule has 0 radical (unpaired) electrons. The summed E-state index contributed by atoms with van der Waals surface area (Å²) in [6.07, 6.45) is -0.104. The minimum absolute atomic E-state index is 0.104. The molecular weight excluding hydrogens is 246 g/mol. The Bertz CT molecular complexity index is 721. The van der Waals surface area contributed by atoms with Crippen LogP contribution in [0.25, 0.3) is 11.1 Å². The number of aromatic nitrogens is 1. The van der Waals surface area contributed by atoms with Gasteiger partial charge in [-0.1, -0.05) is 0 Å². The van der Waals surface area contributed by atoms with Crippen molar-refractivity contribution in [2.24, 2.45) is 7.05 Å². The maximum Gasteiger partial charge on any atom is 0.419 e. The Morgan fingerprint density at radius 2 is 2.26 bits per heavy atom. The van der Waals surface area contributed by atoms with E-state index in [0.29, 0.717) is 11.1 Å². The lowest BCUT2D eigenvalue weighted by molar-refractivity contribution is -0.116. The maximum atomic E-state index is 11.4. The van der Waals surface area contributed by atoms with Crippen LogP contribution in [0.1, 0.15) is 6.42 Å². The third kappa shape index (κ3) is 2.50. The van der Waals surface area contributed by atoms with Crippen LogP contribution in [0.5, 0.6) is 0 Å². The molecule has 1 aromatic heterocycles. The number of benzene rings is 1. The summed E-state index contributed by atoms with van der Waals surface area (Å²) in [5, 5.41) is 8.45. The third-order valence-corrected chi connectivity index (χ3v) is 2.91. The van der Waals surface area contributed by atoms with Gasteiger partial charge >= 0.3 is 5.76 Å². The Labute approximate surface area is 109 Å². The first-order valence-electron chi connectivity index (χ1n) is 5.72. The number of hydrogen-bond donors (Lipinski definition) is 0. The highest BCUT2D eigenvalue weighted by molar-refractivity contribution is 5.86. The number of Topliss-reactive ketones (excluding diaryl/α,β-unsaturated/α-hetero) is 1. The number of anilines is 1. The number of fused-ring (bicyclic) bond motifs is 1. The fourth-order valence-corrected chi connectivity index (χ4v) is 1.86. The second kappa shape index (κ2) is 4.98. The van der Waals surface area contributed by atoms with Crippen molar-refractivity contribution in [3.8, 4) is 6.07 Å². The van der Waals surface area contributed by atoms with Crippen LogP contribution in [-0.2, 0) is 11.8 Å². The lowest BCUT2D eigenvalue weighted by Crippen LogP contribution is -2.25. The summed E-state index contributed by atoms with van der Waals surface area (Å²) in [7, 11) is 3.38. The van der Waals surface area contributed by atoms with Gasteiger partial charge in [0.1, 0.15) is 0 Å². The van der Waals surface area contributed by atoms with Crippen LogP contribution >= 0.6 is 0 Å². The van der Waals surface area contributed by atoms with Crippen molar-refractivity contribution in [2.75, 3.05) is 18.5 Å². The number of nitrogens with zero attached hydrogens (tertiary/aromatic N) is 3. The van der Waals surface area contributed by atoms with E-state index in [9.17, 15) is 9.59 Å². The van der Waals surface area contributed by atoms with Gasteiger partial charge in [0.05, 0.1) is 24.6 Å². The molecule has 0 N–H and O–H groups in total. The zero-order valence-corrected chi connectivity index (χ0v) is 10.7. The van der Waals surface area contributed by atoms with Crippen molar-refractivity contribution in [1.29, 1.82) is 5.26 Å². The molecule has 0 aliphatic heterocycles. The Kier molecular flexibility index (Phi) is 3.38. The molecule has 0 saturated carbocycles. The van der Waals surface area contributed by atoms with Crippen molar-refractivity contribution < 1.29 is 9.21 Å². The van der Waals surface area contributed by atoms with E-state index < -0.39 is 5.76 Å². The fraction of sp³-hybridized carbons (Fsp3) is 0.308. The fourth-order valence-electron chi connectivity index (χ4n) is 1.86. The van der Waals surface area contributed by atoms with E-state index in [2.05, 4.69) is 0 Å². The Balaban J connectivity index is 2.28. The van der Waals surface area contributed by atoms with E-state index in [1.807, 2.05) is 6.07 Å². The third-order valence-electron chi connectivity index (χ3n) is 2.91. The topological polar surface area (TPSA) is 79.2 Å². The molecule has 2 aromatic rings. The molecule has 6 heteroatoms. The van der Waals surface area contributed by atoms with Gasteiger partial charge in [-0.25, -0.2) is 4.79 Å².